The molecule has 3 atom stereocenters. The van der Waals surface area contributed by atoms with E-state index in [4.69, 9.17) is 9.72 Å². The van der Waals surface area contributed by atoms with Crippen molar-refractivity contribution in [2.45, 2.75) is 49.7 Å². The maximum atomic E-state index is 16.6. The van der Waals surface area contributed by atoms with Crippen molar-refractivity contribution in [2.75, 3.05) is 37.7 Å². The molecule has 6 heterocycles. The highest BCUT2D eigenvalue weighted by Gasteiger charge is 2.47. The lowest BCUT2D eigenvalue weighted by Crippen LogP contribution is -2.51. The molecular formula is C32H30F4N6O2. The van der Waals surface area contributed by atoms with Crippen molar-refractivity contribution in [1.82, 2.24) is 25.2 Å². The molecular weight excluding hydrogens is 576 g/mol. The lowest BCUT2D eigenvalue weighted by atomic mass is 9.94. The first kappa shape index (κ1) is 27.5. The number of nitrogens with one attached hydrogen (secondary N) is 1. The third-order valence-corrected chi connectivity index (χ3v) is 9.72. The van der Waals surface area contributed by atoms with Crippen molar-refractivity contribution in [2.24, 2.45) is 0 Å². The molecule has 4 aromatic rings. The molecule has 3 unspecified atom stereocenters. The van der Waals surface area contributed by atoms with E-state index in [-0.39, 0.29) is 63.5 Å². The van der Waals surface area contributed by atoms with Crippen LogP contribution in [0.1, 0.15) is 32.1 Å². The van der Waals surface area contributed by atoms with Crippen LogP contribution in [-0.2, 0) is 0 Å². The number of aromatic nitrogens is 3. The van der Waals surface area contributed by atoms with Gasteiger partial charge in [0.05, 0.1) is 17.3 Å². The van der Waals surface area contributed by atoms with Gasteiger partial charge in [0.15, 0.2) is 17.5 Å². The van der Waals surface area contributed by atoms with Crippen molar-refractivity contribution >= 4 is 27.5 Å². The molecule has 8 nitrogen and oxygen atoms in total. The summed E-state index contributed by atoms with van der Waals surface area (Å²) in [4.78, 5) is 17.9. The fraction of sp³-hybridized carbons (Fsp3) is 0.406. The van der Waals surface area contributed by atoms with Crippen LogP contribution in [0.3, 0.4) is 0 Å². The van der Waals surface area contributed by atoms with Crippen molar-refractivity contribution in [3.8, 4) is 23.0 Å². The fourth-order valence-electron chi connectivity index (χ4n) is 7.70. The number of nitrogens with zero attached hydrogens (tertiary/aromatic N) is 5. The van der Waals surface area contributed by atoms with E-state index < -0.39 is 17.5 Å². The van der Waals surface area contributed by atoms with Crippen LogP contribution >= 0.6 is 0 Å². The van der Waals surface area contributed by atoms with E-state index >= 15 is 8.78 Å². The monoisotopic (exact) mass is 606 g/mol. The van der Waals surface area contributed by atoms with Gasteiger partial charge in [-0.1, -0.05) is 6.07 Å². The zero-order chi connectivity index (χ0) is 30.2. The van der Waals surface area contributed by atoms with Crippen LogP contribution in [-0.4, -0.2) is 75.4 Å². The van der Waals surface area contributed by atoms with Gasteiger partial charge in [-0.25, -0.2) is 17.6 Å². The Balaban J connectivity index is 1.26. The van der Waals surface area contributed by atoms with Gasteiger partial charge < -0.3 is 20.1 Å². The molecule has 228 valence electrons. The Hall–Kier alpha value is -4.03. The minimum absolute atomic E-state index is 0.0219. The van der Waals surface area contributed by atoms with Crippen LogP contribution < -0.4 is 15.0 Å². The van der Waals surface area contributed by atoms with E-state index in [1.165, 1.54) is 24.4 Å². The summed E-state index contributed by atoms with van der Waals surface area (Å²) in [6, 6.07) is 5.24. The van der Waals surface area contributed by atoms with Crippen LogP contribution in [0, 0.1) is 17.5 Å². The minimum Gasteiger partial charge on any atom is -0.508 e. The van der Waals surface area contributed by atoms with Crippen LogP contribution in [0.4, 0.5) is 23.4 Å². The van der Waals surface area contributed by atoms with Crippen LogP contribution in [0.2, 0.25) is 0 Å². The van der Waals surface area contributed by atoms with Gasteiger partial charge in [-0.3, -0.25) is 9.88 Å². The predicted octanol–water partition coefficient (Wildman–Crippen LogP) is 5.38. The van der Waals surface area contributed by atoms with Gasteiger partial charge in [-0.05, 0) is 67.8 Å². The number of ether oxygens (including phenoxy) is 1. The van der Waals surface area contributed by atoms with Gasteiger partial charge in [-0.2, -0.15) is 9.97 Å². The Bertz CT molecular complexity index is 1840. The quantitative estimate of drug-likeness (QED) is 0.293. The Morgan fingerprint density at radius 1 is 1.09 bits per heavy atom. The highest BCUT2D eigenvalue weighted by atomic mass is 19.2. The molecule has 44 heavy (non-hydrogen) atoms. The second-order valence-corrected chi connectivity index (χ2v) is 12.5. The largest absolute Gasteiger partial charge is 0.508 e. The summed E-state index contributed by atoms with van der Waals surface area (Å²) in [6.45, 7) is 2.92. The lowest BCUT2D eigenvalue weighted by molar-refractivity contribution is 0.108. The number of fused-ring (bicyclic) bond motifs is 5. The predicted molar refractivity (Wildman–Crippen MR) is 157 cm³/mol. The molecule has 0 aliphatic carbocycles. The van der Waals surface area contributed by atoms with Crippen molar-refractivity contribution in [3.05, 3.63) is 59.8 Å². The standard InChI is InChI=1S/C32H30F4N6O2/c33-11-17-10-32(6-1-7-42(32)13-17)16-44-31-39-29-23(30(40-31)41-14-19-3-4-20(15-41)38-19)12-37-28(27(29)36)22-9-21(43)8-18-2-5-24(34)26(35)25(18)22/h2,5,8-9,11-12,19-20,38,43H,1,3-4,6-7,10,13-16H2. The number of rotatable bonds is 5. The average molecular weight is 607 g/mol. The number of halogens is 4. The Morgan fingerprint density at radius 3 is 2.70 bits per heavy atom. The highest BCUT2D eigenvalue weighted by Crippen LogP contribution is 2.43. The Labute approximate surface area is 250 Å². The normalized spacial score (nSPS) is 25.9. The van der Waals surface area contributed by atoms with E-state index in [1.54, 1.807) is 0 Å². The van der Waals surface area contributed by atoms with Crippen LogP contribution in [0.15, 0.2) is 42.4 Å². The number of benzene rings is 2. The zero-order valence-electron chi connectivity index (χ0n) is 23.8. The molecule has 2 N–H and O–H groups in total. The lowest BCUT2D eigenvalue weighted by Gasteiger charge is -2.34. The second-order valence-electron chi connectivity index (χ2n) is 12.5. The van der Waals surface area contributed by atoms with E-state index in [9.17, 15) is 13.9 Å². The molecule has 12 heteroatoms. The van der Waals surface area contributed by atoms with E-state index in [1.807, 2.05) is 0 Å². The molecule has 2 aromatic carbocycles. The van der Waals surface area contributed by atoms with Crippen molar-refractivity contribution < 1.29 is 27.4 Å². The first-order valence-corrected chi connectivity index (χ1v) is 15.0. The van der Waals surface area contributed by atoms with Gasteiger partial charge in [0.2, 0.25) is 0 Å². The fourth-order valence-corrected chi connectivity index (χ4v) is 7.70. The number of phenols is 1. The minimum atomic E-state index is -1.17. The summed E-state index contributed by atoms with van der Waals surface area (Å²) in [5.41, 5.74) is -0.127. The van der Waals surface area contributed by atoms with Gasteiger partial charge in [0, 0.05) is 48.9 Å². The van der Waals surface area contributed by atoms with E-state index in [2.05, 4.69) is 25.1 Å². The summed E-state index contributed by atoms with van der Waals surface area (Å²) < 4.78 is 65.7. The molecule has 4 fully saturated rings. The molecule has 0 spiro atoms. The second kappa shape index (κ2) is 10.3. The molecule has 8 rings (SSSR count). The number of anilines is 1. The molecule has 2 bridgehead atoms. The maximum absolute atomic E-state index is 16.6. The summed E-state index contributed by atoms with van der Waals surface area (Å²) in [5, 5.41) is 14.3. The third kappa shape index (κ3) is 4.37. The average Bonchev–Trinajstić information content (AvgIpc) is 3.68. The highest BCUT2D eigenvalue weighted by molar-refractivity contribution is 6.00. The Kier molecular flexibility index (Phi) is 6.42. The number of hydrogen-bond donors (Lipinski definition) is 2. The number of phenolic OH excluding ortho intramolecular Hbond substituents is 1. The molecule has 4 aliphatic heterocycles. The Morgan fingerprint density at radius 2 is 1.91 bits per heavy atom. The summed E-state index contributed by atoms with van der Waals surface area (Å²) in [7, 11) is 0. The first-order chi connectivity index (χ1) is 21.3. The zero-order valence-corrected chi connectivity index (χ0v) is 23.8. The number of hydrogen-bond acceptors (Lipinski definition) is 8. The third-order valence-electron chi connectivity index (χ3n) is 9.72. The summed E-state index contributed by atoms with van der Waals surface area (Å²) in [6.07, 6.45) is 6.51. The van der Waals surface area contributed by atoms with Gasteiger partial charge in [-0.15, -0.1) is 0 Å². The number of aromatic hydroxyl groups is 1. The van der Waals surface area contributed by atoms with Crippen LogP contribution in [0.25, 0.3) is 32.9 Å². The van der Waals surface area contributed by atoms with Gasteiger partial charge in [0.1, 0.15) is 29.4 Å². The van der Waals surface area contributed by atoms with Gasteiger partial charge in [0.25, 0.3) is 0 Å². The molecule has 4 saturated heterocycles. The SMILES string of the molecule is Oc1cc(-c2ncc3c(N4CC5CCC(C4)N5)nc(OCC45CCCN4CC(=CF)C5)nc3c2F)c2c(F)c(F)ccc2c1. The van der Waals surface area contributed by atoms with Crippen molar-refractivity contribution in [1.29, 1.82) is 0 Å². The van der Waals surface area contributed by atoms with E-state index in [0.29, 0.717) is 49.2 Å². The molecule has 0 radical (unpaired) electrons. The summed E-state index contributed by atoms with van der Waals surface area (Å²) in [5.74, 6) is -2.90. The molecule has 0 amide bonds. The topological polar surface area (TPSA) is 86.6 Å². The number of piperazine rings is 1. The van der Waals surface area contributed by atoms with Gasteiger partial charge >= 0.3 is 6.01 Å². The molecule has 4 aliphatic rings. The van der Waals surface area contributed by atoms with E-state index in [0.717, 1.165) is 38.3 Å². The van der Waals surface area contributed by atoms with Crippen molar-refractivity contribution in [3.63, 3.8) is 0 Å². The molecule has 0 saturated carbocycles. The maximum Gasteiger partial charge on any atom is 0.319 e. The van der Waals surface area contributed by atoms with Crippen LogP contribution in [0.5, 0.6) is 11.8 Å². The first-order valence-electron chi connectivity index (χ1n) is 15.0. The smallest absolute Gasteiger partial charge is 0.319 e. The summed E-state index contributed by atoms with van der Waals surface area (Å²) >= 11 is 0. The molecule has 2 aromatic heterocycles. The number of pyridine rings is 1.